The Morgan fingerprint density at radius 2 is 1.27 bits per heavy atom. The van der Waals surface area contributed by atoms with Crippen molar-refractivity contribution in [2.24, 2.45) is 0 Å². The molecule has 10 rings (SSSR count). The molecule has 7 aromatic carbocycles. The summed E-state index contributed by atoms with van der Waals surface area (Å²) in [6, 6.07) is 59.5. The average molecular weight is 1020 g/mol. The van der Waals surface area contributed by atoms with Crippen LogP contribution in [-0.4, -0.2) is 14.5 Å². The summed E-state index contributed by atoms with van der Waals surface area (Å²) >= 11 is 0. The van der Waals surface area contributed by atoms with Crippen molar-refractivity contribution >= 4 is 33.0 Å². The minimum atomic E-state index is -0.370. The molecule has 3 aromatic heterocycles. The number of benzene rings is 7. The molecule has 0 spiro atoms. The second kappa shape index (κ2) is 18.3. The maximum atomic E-state index is 16.2. The number of furan rings is 1. The van der Waals surface area contributed by atoms with Crippen LogP contribution in [0.3, 0.4) is 0 Å². The molecule has 6 heteroatoms. The summed E-state index contributed by atoms with van der Waals surface area (Å²) in [6.45, 7) is 15.6. The van der Waals surface area contributed by atoms with Crippen LogP contribution in [-0.2, 0) is 25.5 Å². The predicted octanol–water partition coefficient (Wildman–Crippen LogP) is 16.0. The Morgan fingerprint density at radius 1 is 0.625 bits per heavy atom. The molecule has 0 saturated carbocycles. The van der Waals surface area contributed by atoms with Gasteiger partial charge >= 0.3 is 0 Å². The van der Waals surface area contributed by atoms with Crippen LogP contribution in [0.15, 0.2) is 168 Å². The number of hydrogen-bond acceptors (Lipinski definition) is 3. The first kappa shape index (κ1) is 44.2. The van der Waals surface area contributed by atoms with E-state index in [0.717, 1.165) is 50.1 Å². The third-order valence-electron chi connectivity index (χ3n) is 11.8. The third-order valence-corrected chi connectivity index (χ3v) is 11.8. The maximum Gasteiger partial charge on any atom is 0.172 e. The van der Waals surface area contributed by atoms with Gasteiger partial charge in [0.15, 0.2) is 11.4 Å². The molecule has 4 nitrogen and oxygen atoms in total. The van der Waals surface area contributed by atoms with Crippen molar-refractivity contribution < 1.29 is 28.9 Å². The molecular weight excluding hydrogens is 966 g/mol. The number of halogens is 1. The quantitative estimate of drug-likeness (QED) is 0.149. The molecule has 0 aliphatic rings. The molecule has 0 atom stereocenters. The first-order chi connectivity index (χ1) is 30.5. The number of para-hydroxylation sites is 2. The number of imidazole rings is 1. The second-order valence-corrected chi connectivity index (χ2v) is 17.8. The fourth-order valence-electron chi connectivity index (χ4n) is 8.41. The van der Waals surface area contributed by atoms with Crippen LogP contribution in [0.1, 0.15) is 77.0 Å². The van der Waals surface area contributed by atoms with Gasteiger partial charge in [-0.15, -0.1) is 54.1 Å². The molecule has 0 aliphatic heterocycles. The van der Waals surface area contributed by atoms with E-state index in [1.165, 1.54) is 27.8 Å². The van der Waals surface area contributed by atoms with Gasteiger partial charge in [-0.2, -0.15) is 0 Å². The van der Waals surface area contributed by atoms with E-state index in [-0.39, 0.29) is 48.8 Å². The molecule has 1 radical (unpaired) electrons. The van der Waals surface area contributed by atoms with Crippen LogP contribution in [0.25, 0.3) is 83.6 Å². The van der Waals surface area contributed by atoms with Crippen molar-refractivity contribution in [2.75, 3.05) is 0 Å². The van der Waals surface area contributed by atoms with Crippen LogP contribution < -0.4 is 0 Å². The van der Waals surface area contributed by atoms with E-state index in [2.05, 4.69) is 137 Å². The summed E-state index contributed by atoms with van der Waals surface area (Å²) in [6.07, 6.45) is 1.87. The Hall–Kier alpha value is -6.46. The monoisotopic (exact) mass is 1020 g/mol. The number of nitrogens with zero attached hydrogens (tertiary/aromatic N) is 3. The first-order valence-electron chi connectivity index (χ1n) is 21.7. The van der Waals surface area contributed by atoms with Gasteiger partial charge in [0.2, 0.25) is 0 Å². The largest absolute Gasteiger partial charge is 0.497 e. The molecular formula is C58H50FIrN3O-2. The minimum Gasteiger partial charge on any atom is -0.497 e. The van der Waals surface area contributed by atoms with E-state index in [1.54, 1.807) is 0 Å². The Morgan fingerprint density at radius 3 is 1.92 bits per heavy atom. The van der Waals surface area contributed by atoms with E-state index in [4.69, 9.17) is 9.40 Å². The Labute approximate surface area is 389 Å². The van der Waals surface area contributed by atoms with E-state index in [9.17, 15) is 0 Å². The van der Waals surface area contributed by atoms with Gasteiger partial charge in [-0.25, -0.2) is 4.39 Å². The predicted molar refractivity (Wildman–Crippen MR) is 259 cm³/mol. The topological polar surface area (TPSA) is 43.9 Å². The summed E-state index contributed by atoms with van der Waals surface area (Å²) in [5, 5.41) is 1.56. The fourth-order valence-corrected chi connectivity index (χ4v) is 8.41. The van der Waals surface area contributed by atoms with Crippen molar-refractivity contribution in [3.05, 3.63) is 199 Å². The van der Waals surface area contributed by atoms with Gasteiger partial charge in [-0.05, 0) is 86.7 Å². The second-order valence-electron chi connectivity index (χ2n) is 17.8. The summed E-state index contributed by atoms with van der Waals surface area (Å²) in [5.41, 5.74) is 14.2. The summed E-state index contributed by atoms with van der Waals surface area (Å²) < 4.78 is 24.9. The molecule has 0 unspecified atom stereocenters. The van der Waals surface area contributed by atoms with Gasteiger partial charge in [0.1, 0.15) is 0 Å². The molecule has 0 N–H and O–H groups in total. The molecule has 0 amide bonds. The number of rotatable bonds is 7. The van der Waals surface area contributed by atoms with Gasteiger partial charge in [0.25, 0.3) is 0 Å². The van der Waals surface area contributed by atoms with Gasteiger partial charge in [-0.3, -0.25) is 4.98 Å². The fraction of sp³-hybridized carbons (Fsp3) is 0.172. The van der Waals surface area contributed by atoms with Gasteiger partial charge in [-0.1, -0.05) is 150 Å². The first-order valence-corrected chi connectivity index (χ1v) is 21.7. The summed E-state index contributed by atoms with van der Waals surface area (Å²) in [5.74, 6) is 0.814. The van der Waals surface area contributed by atoms with E-state index < -0.39 is 0 Å². The minimum absolute atomic E-state index is 0. The standard InChI is InChI=1S/C43H34FN2O.C15H16N.Ir/c1-26(2)35-24-30(28-14-7-5-8-15-28)25-36(27(3)4)40(35)46-38-21-12-11-20-37(38)45-43(46)34-19-13-18-32-33-23-22-31(29-16-9-6-10-17-29)39(44)42(33)47-41(32)34;1-15(2,3)13-9-10-16-14(11-13)12-7-5-4-6-8-12;/h5-18,20-27H,1-4H3;4-7,9-11H,1-3H3;/q2*-1;. The Kier molecular flexibility index (Phi) is 12.6. The zero-order valence-corrected chi connectivity index (χ0v) is 39.6. The maximum absolute atomic E-state index is 16.2. The number of fused-ring (bicyclic) bond motifs is 4. The van der Waals surface area contributed by atoms with E-state index >= 15 is 4.39 Å². The average Bonchev–Trinajstić information content (AvgIpc) is 3.89. The molecule has 0 aliphatic carbocycles. The molecule has 0 saturated heterocycles. The smallest absolute Gasteiger partial charge is 0.172 e. The molecule has 321 valence electrons. The summed E-state index contributed by atoms with van der Waals surface area (Å²) in [4.78, 5) is 9.62. The van der Waals surface area contributed by atoms with Gasteiger partial charge < -0.3 is 14.0 Å². The SMILES string of the molecule is CC(C)(C)c1ccnc(-c2[c-]cccc2)c1.CC(C)c1cc(-c2ccccc2)cc(C(C)C)c1-n1c(-c2[c-]ccc3c2oc2c(F)c(-c4ccccc4)ccc23)nc2ccccc21.[Ir]. The number of pyridine rings is 1. The summed E-state index contributed by atoms with van der Waals surface area (Å²) in [7, 11) is 0. The van der Waals surface area contributed by atoms with Crippen LogP contribution in [0.4, 0.5) is 4.39 Å². The third kappa shape index (κ3) is 8.48. The molecule has 0 fully saturated rings. The van der Waals surface area contributed by atoms with Crippen LogP contribution >= 0.6 is 0 Å². The van der Waals surface area contributed by atoms with Crippen molar-refractivity contribution in [1.82, 2.24) is 14.5 Å². The molecule has 64 heavy (non-hydrogen) atoms. The van der Waals surface area contributed by atoms with Gasteiger partial charge in [0.05, 0.1) is 22.4 Å². The van der Waals surface area contributed by atoms with Gasteiger partial charge in [0, 0.05) is 42.9 Å². The van der Waals surface area contributed by atoms with Crippen LogP contribution in [0.2, 0.25) is 0 Å². The Bertz CT molecular complexity index is 3190. The van der Waals surface area contributed by atoms with E-state index in [1.807, 2.05) is 97.2 Å². The van der Waals surface area contributed by atoms with Crippen molar-refractivity contribution in [1.29, 1.82) is 0 Å². The molecule has 10 aromatic rings. The Balaban J connectivity index is 0.000000279. The van der Waals surface area contributed by atoms with Crippen LogP contribution in [0.5, 0.6) is 0 Å². The van der Waals surface area contributed by atoms with Crippen molar-refractivity contribution in [3.8, 4) is 50.6 Å². The normalized spacial score (nSPS) is 11.6. The molecule has 0 bridgehead atoms. The number of aromatic nitrogens is 3. The molecule has 3 heterocycles. The van der Waals surface area contributed by atoms with Crippen molar-refractivity contribution in [3.63, 3.8) is 0 Å². The van der Waals surface area contributed by atoms with Crippen LogP contribution in [0, 0.1) is 17.9 Å². The van der Waals surface area contributed by atoms with Crippen molar-refractivity contribution in [2.45, 2.75) is 65.7 Å². The zero-order valence-electron chi connectivity index (χ0n) is 37.2. The number of hydrogen-bond donors (Lipinski definition) is 0. The van der Waals surface area contributed by atoms with E-state index in [0.29, 0.717) is 16.7 Å². The zero-order chi connectivity index (χ0) is 43.8.